The summed E-state index contributed by atoms with van der Waals surface area (Å²) in [6, 6.07) is 17.5. The average molecular weight is 454 g/mol. The number of hydrogen-bond donors (Lipinski definition) is 2. The van der Waals surface area contributed by atoms with Crippen LogP contribution in [0.3, 0.4) is 0 Å². The third-order valence-electron chi connectivity index (χ3n) is 5.00. The Labute approximate surface area is 188 Å². The van der Waals surface area contributed by atoms with Crippen molar-refractivity contribution in [2.45, 2.75) is 37.6 Å². The first kappa shape index (κ1) is 23.3. The minimum Gasteiger partial charge on any atom is -0.478 e. The fourth-order valence-electron chi connectivity index (χ4n) is 3.26. The molecular formula is C24H27N3O4S. The molecule has 168 valence electrons. The van der Waals surface area contributed by atoms with Crippen LogP contribution in [0.2, 0.25) is 0 Å². The number of benzene rings is 2. The quantitative estimate of drug-likeness (QED) is 0.546. The van der Waals surface area contributed by atoms with E-state index in [1.807, 2.05) is 51.1 Å². The number of nitrogens with one attached hydrogen (secondary N) is 1. The van der Waals surface area contributed by atoms with Crippen LogP contribution in [0, 0.1) is 0 Å². The number of rotatable bonds is 7. The standard InChI is InChI=1S/C24H27N3O4S/c1-24(2,3)18-10-12-20(13-11-18)32(30,31)26-19-14-21(23(28)29)22(25-15-19)27(4)16-17-8-6-5-7-9-17/h5-15,26H,16H2,1-4H3,(H,28,29). The summed E-state index contributed by atoms with van der Waals surface area (Å²) in [5.41, 5.74) is 1.90. The van der Waals surface area contributed by atoms with Gasteiger partial charge in [-0.2, -0.15) is 0 Å². The molecule has 1 heterocycles. The minimum absolute atomic E-state index is 0.0826. The predicted molar refractivity (Wildman–Crippen MR) is 126 cm³/mol. The van der Waals surface area contributed by atoms with Gasteiger partial charge in [0.05, 0.1) is 16.8 Å². The lowest BCUT2D eigenvalue weighted by Gasteiger charge is -2.21. The van der Waals surface area contributed by atoms with Gasteiger partial charge in [0.25, 0.3) is 10.0 Å². The molecule has 0 amide bonds. The largest absolute Gasteiger partial charge is 0.478 e. The van der Waals surface area contributed by atoms with Gasteiger partial charge in [-0.25, -0.2) is 18.2 Å². The van der Waals surface area contributed by atoms with Gasteiger partial charge in [-0.05, 0) is 34.7 Å². The topological polar surface area (TPSA) is 99.6 Å². The third-order valence-corrected chi connectivity index (χ3v) is 6.40. The van der Waals surface area contributed by atoms with Crippen LogP contribution in [-0.2, 0) is 22.0 Å². The van der Waals surface area contributed by atoms with E-state index >= 15 is 0 Å². The second-order valence-corrected chi connectivity index (χ2v) is 10.3. The fraction of sp³-hybridized carbons (Fsp3) is 0.250. The van der Waals surface area contributed by atoms with Crippen LogP contribution in [0.25, 0.3) is 0 Å². The molecule has 0 aliphatic rings. The minimum atomic E-state index is -3.90. The van der Waals surface area contributed by atoms with Gasteiger partial charge in [0.2, 0.25) is 0 Å². The van der Waals surface area contributed by atoms with Gasteiger partial charge in [0.1, 0.15) is 11.4 Å². The Bertz CT molecular complexity index is 1200. The van der Waals surface area contributed by atoms with Crippen LogP contribution in [-0.4, -0.2) is 31.5 Å². The Morgan fingerprint density at radius 1 is 1.06 bits per heavy atom. The first-order valence-electron chi connectivity index (χ1n) is 10.1. The highest BCUT2D eigenvalue weighted by molar-refractivity contribution is 7.92. The van der Waals surface area contributed by atoms with Gasteiger partial charge < -0.3 is 10.0 Å². The summed E-state index contributed by atoms with van der Waals surface area (Å²) < 4.78 is 28.0. The maximum atomic E-state index is 12.8. The van der Waals surface area contributed by atoms with Crippen molar-refractivity contribution in [3.05, 3.63) is 83.6 Å². The molecule has 0 atom stereocenters. The molecule has 0 unspecified atom stereocenters. The molecule has 0 fully saturated rings. The van der Waals surface area contributed by atoms with Crippen LogP contribution in [0.5, 0.6) is 0 Å². The van der Waals surface area contributed by atoms with Gasteiger partial charge >= 0.3 is 5.97 Å². The molecule has 1 aromatic heterocycles. The molecule has 2 N–H and O–H groups in total. The molecule has 32 heavy (non-hydrogen) atoms. The molecule has 0 aliphatic carbocycles. The number of carboxylic acids is 1. The Morgan fingerprint density at radius 3 is 2.25 bits per heavy atom. The Morgan fingerprint density at radius 2 is 1.69 bits per heavy atom. The van der Waals surface area contributed by atoms with Crippen LogP contribution >= 0.6 is 0 Å². The number of anilines is 2. The smallest absolute Gasteiger partial charge is 0.339 e. The molecule has 2 aromatic carbocycles. The van der Waals surface area contributed by atoms with E-state index < -0.39 is 16.0 Å². The monoisotopic (exact) mass is 453 g/mol. The van der Waals surface area contributed by atoms with Crippen molar-refractivity contribution < 1.29 is 18.3 Å². The highest BCUT2D eigenvalue weighted by Crippen LogP contribution is 2.26. The van der Waals surface area contributed by atoms with E-state index in [0.29, 0.717) is 6.54 Å². The van der Waals surface area contributed by atoms with Crippen LogP contribution in [0.1, 0.15) is 42.3 Å². The van der Waals surface area contributed by atoms with Crippen LogP contribution < -0.4 is 9.62 Å². The summed E-state index contributed by atoms with van der Waals surface area (Å²) in [6.45, 7) is 6.60. The van der Waals surface area contributed by atoms with E-state index in [1.165, 1.54) is 24.4 Å². The lowest BCUT2D eigenvalue weighted by Crippen LogP contribution is -2.21. The lowest BCUT2D eigenvalue weighted by atomic mass is 9.87. The SMILES string of the molecule is CN(Cc1ccccc1)c1ncc(NS(=O)(=O)c2ccc(C(C)(C)C)cc2)cc1C(=O)O. The number of sulfonamides is 1. The maximum Gasteiger partial charge on any atom is 0.339 e. The van der Waals surface area contributed by atoms with E-state index in [9.17, 15) is 18.3 Å². The van der Waals surface area contributed by atoms with E-state index in [2.05, 4.69) is 9.71 Å². The number of carboxylic acid groups (broad SMARTS) is 1. The lowest BCUT2D eigenvalue weighted by molar-refractivity contribution is 0.0697. The highest BCUT2D eigenvalue weighted by Gasteiger charge is 2.21. The van der Waals surface area contributed by atoms with Gasteiger partial charge in [0, 0.05) is 13.6 Å². The maximum absolute atomic E-state index is 12.8. The average Bonchev–Trinajstić information content (AvgIpc) is 2.73. The van der Waals surface area contributed by atoms with Crippen molar-refractivity contribution in [1.82, 2.24) is 4.98 Å². The first-order valence-corrected chi connectivity index (χ1v) is 11.6. The zero-order valence-electron chi connectivity index (χ0n) is 18.5. The summed E-state index contributed by atoms with van der Waals surface area (Å²) in [5, 5.41) is 9.68. The van der Waals surface area contributed by atoms with E-state index in [1.54, 1.807) is 24.1 Å². The summed E-state index contributed by atoms with van der Waals surface area (Å²) >= 11 is 0. The number of aromatic nitrogens is 1. The van der Waals surface area contributed by atoms with Crippen molar-refractivity contribution in [2.24, 2.45) is 0 Å². The summed E-state index contributed by atoms with van der Waals surface area (Å²) in [4.78, 5) is 17.9. The number of aromatic carboxylic acids is 1. The molecule has 0 aliphatic heterocycles. The van der Waals surface area contributed by atoms with Crippen molar-refractivity contribution in [3.63, 3.8) is 0 Å². The Kier molecular flexibility index (Phi) is 6.55. The molecule has 0 saturated heterocycles. The van der Waals surface area contributed by atoms with Gasteiger partial charge in [0.15, 0.2) is 0 Å². The van der Waals surface area contributed by atoms with Gasteiger partial charge in [-0.1, -0.05) is 63.2 Å². The normalized spacial score (nSPS) is 11.8. The highest BCUT2D eigenvalue weighted by atomic mass is 32.2. The van der Waals surface area contributed by atoms with E-state index in [0.717, 1.165) is 11.1 Å². The van der Waals surface area contributed by atoms with Crippen molar-refractivity contribution in [1.29, 1.82) is 0 Å². The van der Waals surface area contributed by atoms with Crippen molar-refractivity contribution in [3.8, 4) is 0 Å². The zero-order chi connectivity index (χ0) is 23.5. The van der Waals surface area contributed by atoms with Gasteiger partial charge in [-0.3, -0.25) is 4.72 Å². The fourth-order valence-corrected chi connectivity index (χ4v) is 4.29. The van der Waals surface area contributed by atoms with Crippen LogP contribution in [0.4, 0.5) is 11.5 Å². The molecular weight excluding hydrogens is 426 g/mol. The molecule has 0 radical (unpaired) electrons. The summed E-state index contributed by atoms with van der Waals surface area (Å²) in [7, 11) is -2.16. The Balaban J connectivity index is 1.85. The molecule has 3 rings (SSSR count). The third kappa shape index (κ3) is 5.45. The van der Waals surface area contributed by atoms with Gasteiger partial charge in [-0.15, -0.1) is 0 Å². The zero-order valence-corrected chi connectivity index (χ0v) is 19.3. The number of nitrogens with zero attached hydrogens (tertiary/aromatic N) is 2. The first-order chi connectivity index (χ1) is 15.0. The van der Waals surface area contributed by atoms with E-state index in [-0.39, 0.29) is 27.4 Å². The number of pyridine rings is 1. The molecule has 0 saturated carbocycles. The number of carbonyl (C=O) groups is 1. The molecule has 0 bridgehead atoms. The molecule has 0 spiro atoms. The van der Waals surface area contributed by atoms with E-state index in [4.69, 9.17) is 0 Å². The summed E-state index contributed by atoms with van der Waals surface area (Å²) in [6.07, 6.45) is 1.32. The molecule has 3 aromatic rings. The van der Waals surface area contributed by atoms with Crippen LogP contribution in [0.15, 0.2) is 71.8 Å². The summed E-state index contributed by atoms with van der Waals surface area (Å²) in [5.74, 6) is -0.943. The molecule has 8 heteroatoms. The molecule has 7 nitrogen and oxygen atoms in total. The predicted octanol–water partition coefficient (Wildman–Crippen LogP) is 4.51. The number of hydrogen-bond acceptors (Lipinski definition) is 5. The Hall–Kier alpha value is -3.39. The van der Waals surface area contributed by atoms with Crippen molar-refractivity contribution in [2.75, 3.05) is 16.7 Å². The second-order valence-electron chi connectivity index (χ2n) is 8.62. The van der Waals surface area contributed by atoms with Crippen molar-refractivity contribution >= 4 is 27.5 Å². The second kappa shape index (κ2) is 9.00.